The number of halogens is 1. The minimum Gasteiger partial charge on any atom is -0.356 e. The normalized spacial score (nSPS) is 19.2. The van der Waals surface area contributed by atoms with Gasteiger partial charge in [-0.05, 0) is 31.3 Å². The molecule has 5 heteroatoms. The molecular formula is C15H33IN4. The van der Waals surface area contributed by atoms with E-state index in [4.69, 9.17) is 0 Å². The second-order valence-corrected chi connectivity index (χ2v) is 7.64. The first-order valence-corrected chi connectivity index (χ1v) is 7.26. The van der Waals surface area contributed by atoms with Crippen LogP contribution in [0.4, 0.5) is 0 Å². The highest BCUT2D eigenvalue weighted by atomic mass is 127. The van der Waals surface area contributed by atoms with Crippen molar-refractivity contribution in [3.8, 4) is 0 Å². The molecule has 1 fully saturated rings. The van der Waals surface area contributed by atoms with Crippen LogP contribution in [0, 0.1) is 10.8 Å². The first-order chi connectivity index (χ1) is 8.65. The number of likely N-dealkylation sites (tertiary alicyclic amines) is 1. The maximum atomic E-state index is 4.44. The molecule has 4 nitrogen and oxygen atoms in total. The molecule has 0 amide bonds. The van der Waals surface area contributed by atoms with Crippen LogP contribution < -0.4 is 5.32 Å². The molecule has 20 heavy (non-hydrogen) atoms. The Hall–Kier alpha value is -0.0400. The molecule has 0 atom stereocenters. The third kappa shape index (κ3) is 6.61. The summed E-state index contributed by atoms with van der Waals surface area (Å²) in [5.74, 6) is 1.05. The van der Waals surface area contributed by atoms with Crippen LogP contribution in [0.3, 0.4) is 0 Å². The molecular weight excluding hydrogens is 363 g/mol. The Balaban J connectivity index is 0.00000361. The lowest BCUT2D eigenvalue weighted by Crippen LogP contribution is -2.46. The quantitative estimate of drug-likeness (QED) is 0.450. The molecule has 1 saturated heterocycles. The van der Waals surface area contributed by atoms with Crippen LogP contribution in [0.1, 0.15) is 34.1 Å². The SMILES string of the molecule is CN=C(NCC(C)(C)CN(C)C)N1CCC(C)(C)C1.I. The van der Waals surface area contributed by atoms with Crippen LogP contribution in [0.25, 0.3) is 0 Å². The molecule has 1 aliphatic rings. The van der Waals surface area contributed by atoms with Gasteiger partial charge in [-0.2, -0.15) is 0 Å². The summed E-state index contributed by atoms with van der Waals surface area (Å²) in [5, 5.41) is 3.54. The topological polar surface area (TPSA) is 30.9 Å². The van der Waals surface area contributed by atoms with E-state index in [0.29, 0.717) is 5.41 Å². The molecule has 0 aromatic rings. The van der Waals surface area contributed by atoms with Gasteiger partial charge in [0.2, 0.25) is 0 Å². The summed E-state index contributed by atoms with van der Waals surface area (Å²) in [7, 11) is 6.13. The Morgan fingerprint density at radius 2 is 1.95 bits per heavy atom. The predicted octanol–water partition coefficient (Wildman–Crippen LogP) is 2.50. The third-order valence-electron chi connectivity index (χ3n) is 3.66. The second-order valence-electron chi connectivity index (χ2n) is 7.64. The van der Waals surface area contributed by atoms with Gasteiger partial charge in [-0.1, -0.05) is 27.7 Å². The van der Waals surface area contributed by atoms with Crippen molar-refractivity contribution in [2.75, 3.05) is 47.3 Å². The molecule has 0 aromatic carbocycles. The van der Waals surface area contributed by atoms with Crippen molar-refractivity contribution in [1.82, 2.24) is 15.1 Å². The van der Waals surface area contributed by atoms with Crippen LogP contribution in [-0.4, -0.2) is 63.1 Å². The molecule has 0 spiro atoms. The summed E-state index contributed by atoms with van der Waals surface area (Å²) in [6.07, 6.45) is 1.24. The van der Waals surface area contributed by atoms with Crippen LogP contribution in [-0.2, 0) is 0 Å². The Bertz CT molecular complexity index is 324. The van der Waals surface area contributed by atoms with Gasteiger partial charge in [-0.3, -0.25) is 4.99 Å². The molecule has 1 aliphatic heterocycles. The molecule has 1 heterocycles. The fourth-order valence-corrected chi connectivity index (χ4v) is 2.86. The number of aliphatic imine (C=N–C) groups is 1. The van der Waals surface area contributed by atoms with Crippen molar-refractivity contribution < 1.29 is 0 Å². The summed E-state index contributed by atoms with van der Waals surface area (Å²) in [6.45, 7) is 13.5. The molecule has 1 N–H and O–H groups in total. The Labute approximate surface area is 142 Å². The third-order valence-corrected chi connectivity index (χ3v) is 3.66. The average molecular weight is 396 g/mol. The highest BCUT2D eigenvalue weighted by molar-refractivity contribution is 14.0. The van der Waals surface area contributed by atoms with Crippen molar-refractivity contribution in [2.24, 2.45) is 15.8 Å². The van der Waals surface area contributed by atoms with E-state index in [9.17, 15) is 0 Å². The van der Waals surface area contributed by atoms with Gasteiger partial charge >= 0.3 is 0 Å². The number of nitrogens with one attached hydrogen (secondary N) is 1. The molecule has 0 bridgehead atoms. The zero-order chi connectivity index (χ0) is 14.7. The number of nitrogens with zero attached hydrogens (tertiary/aromatic N) is 3. The lowest BCUT2D eigenvalue weighted by Gasteiger charge is -2.31. The van der Waals surface area contributed by atoms with E-state index in [1.54, 1.807) is 0 Å². The number of hydrogen-bond donors (Lipinski definition) is 1. The summed E-state index contributed by atoms with van der Waals surface area (Å²) < 4.78 is 0. The summed E-state index contributed by atoms with van der Waals surface area (Å²) in [6, 6.07) is 0. The Morgan fingerprint density at radius 3 is 2.35 bits per heavy atom. The van der Waals surface area contributed by atoms with Gasteiger partial charge in [0.25, 0.3) is 0 Å². The van der Waals surface area contributed by atoms with Gasteiger partial charge in [-0.25, -0.2) is 0 Å². The molecule has 0 saturated carbocycles. The van der Waals surface area contributed by atoms with E-state index < -0.39 is 0 Å². The lowest BCUT2D eigenvalue weighted by molar-refractivity contribution is 0.238. The molecule has 0 aromatic heterocycles. The predicted molar refractivity (Wildman–Crippen MR) is 99.1 cm³/mol. The van der Waals surface area contributed by atoms with E-state index in [-0.39, 0.29) is 29.4 Å². The zero-order valence-corrected chi connectivity index (χ0v) is 16.6. The van der Waals surface area contributed by atoms with Crippen LogP contribution in [0.2, 0.25) is 0 Å². The molecule has 0 aliphatic carbocycles. The Kier molecular flexibility index (Phi) is 7.81. The van der Waals surface area contributed by atoms with Crippen molar-refractivity contribution in [3.05, 3.63) is 0 Å². The smallest absolute Gasteiger partial charge is 0.193 e. The fraction of sp³-hybridized carbons (Fsp3) is 0.933. The number of guanidine groups is 1. The van der Waals surface area contributed by atoms with Crippen LogP contribution in [0.15, 0.2) is 4.99 Å². The molecule has 120 valence electrons. The van der Waals surface area contributed by atoms with Gasteiger partial charge < -0.3 is 15.1 Å². The van der Waals surface area contributed by atoms with Gasteiger partial charge in [0.15, 0.2) is 5.96 Å². The van der Waals surface area contributed by atoms with Crippen molar-refractivity contribution in [1.29, 1.82) is 0 Å². The lowest BCUT2D eigenvalue weighted by atomic mass is 9.93. The monoisotopic (exact) mass is 396 g/mol. The van der Waals surface area contributed by atoms with Gasteiger partial charge in [0.05, 0.1) is 0 Å². The van der Waals surface area contributed by atoms with Crippen molar-refractivity contribution in [2.45, 2.75) is 34.1 Å². The molecule has 0 unspecified atom stereocenters. The molecule has 0 radical (unpaired) electrons. The fourth-order valence-electron chi connectivity index (χ4n) is 2.86. The highest BCUT2D eigenvalue weighted by Gasteiger charge is 2.31. The second kappa shape index (κ2) is 7.82. The van der Waals surface area contributed by atoms with E-state index in [1.165, 1.54) is 6.42 Å². The van der Waals surface area contributed by atoms with Crippen molar-refractivity contribution in [3.63, 3.8) is 0 Å². The molecule has 1 rings (SSSR count). The first kappa shape index (κ1) is 20.0. The van der Waals surface area contributed by atoms with E-state index in [0.717, 1.165) is 32.1 Å². The van der Waals surface area contributed by atoms with E-state index >= 15 is 0 Å². The first-order valence-electron chi connectivity index (χ1n) is 7.26. The van der Waals surface area contributed by atoms with Crippen LogP contribution >= 0.6 is 24.0 Å². The van der Waals surface area contributed by atoms with E-state index in [1.807, 2.05) is 7.05 Å². The minimum atomic E-state index is 0. The zero-order valence-electron chi connectivity index (χ0n) is 14.3. The van der Waals surface area contributed by atoms with Crippen molar-refractivity contribution >= 4 is 29.9 Å². The summed E-state index contributed by atoms with van der Waals surface area (Å²) in [5.41, 5.74) is 0.658. The summed E-state index contributed by atoms with van der Waals surface area (Å²) >= 11 is 0. The van der Waals surface area contributed by atoms with Gasteiger partial charge in [-0.15, -0.1) is 24.0 Å². The standard InChI is InChI=1S/C15H32N4.HI/c1-14(2)8-9-19(12-14)13(16-5)17-10-15(3,4)11-18(6)7;/h8-12H2,1-7H3,(H,16,17);1H. The highest BCUT2D eigenvalue weighted by Crippen LogP contribution is 2.28. The van der Waals surface area contributed by atoms with Gasteiger partial charge in [0, 0.05) is 33.2 Å². The number of hydrogen-bond acceptors (Lipinski definition) is 2. The minimum absolute atomic E-state index is 0. The summed E-state index contributed by atoms with van der Waals surface area (Å²) in [4.78, 5) is 9.06. The maximum absolute atomic E-state index is 4.44. The van der Waals surface area contributed by atoms with Crippen LogP contribution in [0.5, 0.6) is 0 Å². The van der Waals surface area contributed by atoms with Gasteiger partial charge in [0.1, 0.15) is 0 Å². The average Bonchev–Trinajstić information content (AvgIpc) is 2.57. The van der Waals surface area contributed by atoms with E-state index in [2.05, 4.69) is 61.9 Å². The largest absolute Gasteiger partial charge is 0.356 e. The number of rotatable bonds is 4. The maximum Gasteiger partial charge on any atom is 0.193 e. The Morgan fingerprint density at radius 1 is 1.35 bits per heavy atom.